The van der Waals surface area contributed by atoms with Crippen LogP contribution in [0.1, 0.15) is 38.7 Å². The number of piperidine rings is 1. The summed E-state index contributed by atoms with van der Waals surface area (Å²) >= 11 is 1.76. The van der Waals surface area contributed by atoms with Gasteiger partial charge in [-0.2, -0.15) is 0 Å². The molecule has 1 atom stereocenters. The first-order valence-electron chi connectivity index (χ1n) is 9.24. The molecule has 0 aromatic heterocycles. The van der Waals surface area contributed by atoms with Gasteiger partial charge in [-0.05, 0) is 50.1 Å². The zero-order chi connectivity index (χ0) is 18.1. The van der Waals surface area contributed by atoms with Crippen LogP contribution in [0.15, 0.2) is 46.2 Å². The van der Waals surface area contributed by atoms with E-state index in [1.54, 1.807) is 11.8 Å². The van der Waals surface area contributed by atoms with Crippen molar-refractivity contribution in [1.29, 1.82) is 0 Å². The first-order valence-corrected chi connectivity index (χ1v) is 10.1. The summed E-state index contributed by atoms with van der Waals surface area (Å²) in [4.78, 5) is 16.3. The van der Waals surface area contributed by atoms with Crippen molar-refractivity contribution in [3.05, 3.63) is 42.0 Å². The Labute approximate surface area is 158 Å². The number of ether oxygens (including phenoxy) is 1. The molecule has 5 heteroatoms. The van der Waals surface area contributed by atoms with Crippen LogP contribution in [0, 0.1) is 0 Å². The molecule has 0 spiro atoms. The number of hydrogen-bond acceptors (Lipinski definition) is 5. The van der Waals surface area contributed by atoms with Gasteiger partial charge in [-0.15, -0.1) is 0 Å². The maximum atomic E-state index is 11.4. The average Bonchev–Trinajstić information content (AvgIpc) is 2.62. The Morgan fingerprint density at radius 3 is 2.92 bits per heavy atom. The van der Waals surface area contributed by atoms with Crippen LogP contribution >= 0.6 is 11.8 Å². The molecule has 4 rings (SSSR count). The molecule has 1 N–H and O–H groups in total. The summed E-state index contributed by atoms with van der Waals surface area (Å²) in [5, 5.41) is 3.49. The lowest BCUT2D eigenvalue weighted by atomic mass is 10.0. The minimum absolute atomic E-state index is 0.302. The fourth-order valence-corrected chi connectivity index (χ4v) is 4.86. The SMILES string of the molecule is CC(=O)Oc1cccc2c1Nc1cccc(CN3CCCCC3C)c1S2. The van der Waals surface area contributed by atoms with Gasteiger partial charge in [-0.3, -0.25) is 9.69 Å². The van der Waals surface area contributed by atoms with Gasteiger partial charge < -0.3 is 10.1 Å². The maximum Gasteiger partial charge on any atom is 0.308 e. The van der Waals surface area contributed by atoms with E-state index in [0.717, 1.165) is 22.8 Å². The van der Waals surface area contributed by atoms with Gasteiger partial charge in [0.1, 0.15) is 0 Å². The number of anilines is 2. The molecule has 2 aliphatic rings. The van der Waals surface area contributed by atoms with Crippen LogP contribution in [0.2, 0.25) is 0 Å². The Morgan fingerprint density at radius 1 is 1.27 bits per heavy atom. The lowest BCUT2D eigenvalue weighted by Gasteiger charge is -2.34. The van der Waals surface area contributed by atoms with Crippen LogP contribution in [-0.4, -0.2) is 23.5 Å². The summed E-state index contributed by atoms with van der Waals surface area (Å²) in [5.74, 6) is 0.284. The summed E-state index contributed by atoms with van der Waals surface area (Å²) in [7, 11) is 0. The third-order valence-electron chi connectivity index (χ3n) is 5.12. The number of hydrogen-bond donors (Lipinski definition) is 1. The molecule has 0 bridgehead atoms. The molecule has 0 saturated carbocycles. The molecule has 4 nitrogen and oxygen atoms in total. The van der Waals surface area contributed by atoms with Crippen molar-refractivity contribution >= 4 is 29.1 Å². The Kier molecular flexibility index (Phi) is 4.92. The van der Waals surface area contributed by atoms with Gasteiger partial charge in [-0.25, -0.2) is 0 Å². The van der Waals surface area contributed by atoms with Crippen molar-refractivity contribution < 1.29 is 9.53 Å². The average molecular weight is 369 g/mol. The minimum atomic E-state index is -0.302. The van der Waals surface area contributed by atoms with Crippen molar-refractivity contribution in [2.24, 2.45) is 0 Å². The van der Waals surface area contributed by atoms with Gasteiger partial charge in [0.05, 0.1) is 11.4 Å². The zero-order valence-electron chi connectivity index (χ0n) is 15.2. The van der Waals surface area contributed by atoms with Gasteiger partial charge >= 0.3 is 5.97 Å². The molecule has 0 amide bonds. The lowest BCUT2D eigenvalue weighted by Crippen LogP contribution is -2.36. The summed E-state index contributed by atoms with van der Waals surface area (Å²) in [6.07, 6.45) is 3.92. The van der Waals surface area contributed by atoms with E-state index in [9.17, 15) is 4.79 Å². The summed E-state index contributed by atoms with van der Waals surface area (Å²) in [5.41, 5.74) is 3.32. The molecule has 1 unspecified atom stereocenters. The molecular formula is C21H24N2O2S. The topological polar surface area (TPSA) is 41.6 Å². The number of likely N-dealkylation sites (tertiary alicyclic amines) is 1. The van der Waals surface area contributed by atoms with Gasteiger partial charge in [-0.1, -0.05) is 36.4 Å². The lowest BCUT2D eigenvalue weighted by molar-refractivity contribution is -0.131. The third kappa shape index (κ3) is 3.46. The van der Waals surface area contributed by atoms with Crippen LogP contribution in [0.25, 0.3) is 0 Å². The van der Waals surface area contributed by atoms with Gasteiger partial charge in [0, 0.05) is 29.3 Å². The molecule has 26 heavy (non-hydrogen) atoms. The normalized spacial score (nSPS) is 19.2. The minimum Gasteiger partial charge on any atom is -0.424 e. The maximum absolute atomic E-state index is 11.4. The number of esters is 1. The Bertz CT molecular complexity index is 837. The molecule has 2 aliphatic heterocycles. The number of carbonyl (C=O) groups is 1. The highest BCUT2D eigenvalue weighted by Crippen LogP contribution is 2.49. The van der Waals surface area contributed by atoms with E-state index in [2.05, 4.69) is 41.4 Å². The Balaban J connectivity index is 1.63. The largest absolute Gasteiger partial charge is 0.424 e. The number of para-hydroxylation sites is 1. The summed E-state index contributed by atoms with van der Waals surface area (Å²) in [6.45, 7) is 5.93. The molecule has 0 aliphatic carbocycles. The summed E-state index contributed by atoms with van der Waals surface area (Å²) < 4.78 is 5.37. The molecule has 136 valence electrons. The van der Waals surface area contributed by atoms with Gasteiger partial charge in [0.25, 0.3) is 0 Å². The highest BCUT2D eigenvalue weighted by atomic mass is 32.2. The van der Waals surface area contributed by atoms with E-state index >= 15 is 0 Å². The van der Waals surface area contributed by atoms with E-state index in [4.69, 9.17) is 4.74 Å². The zero-order valence-corrected chi connectivity index (χ0v) is 16.1. The van der Waals surface area contributed by atoms with Gasteiger partial charge in [0.2, 0.25) is 0 Å². The molecular weight excluding hydrogens is 344 g/mol. The molecule has 2 aromatic rings. The van der Waals surface area contributed by atoms with Crippen LogP contribution in [0.5, 0.6) is 5.75 Å². The second-order valence-electron chi connectivity index (χ2n) is 7.06. The van der Waals surface area contributed by atoms with E-state index in [-0.39, 0.29) is 5.97 Å². The third-order valence-corrected chi connectivity index (χ3v) is 6.37. The Morgan fingerprint density at radius 2 is 2.12 bits per heavy atom. The number of carbonyl (C=O) groups excluding carboxylic acids is 1. The number of nitrogens with zero attached hydrogens (tertiary/aromatic N) is 1. The predicted octanol–water partition coefficient (Wildman–Crippen LogP) is 5.19. The fraction of sp³-hybridized carbons (Fsp3) is 0.381. The van der Waals surface area contributed by atoms with Crippen LogP contribution in [0.4, 0.5) is 11.4 Å². The molecule has 2 heterocycles. The van der Waals surface area contributed by atoms with Gasteiger partial charge in [0.15, 0.2) is 5.75 Å². The number of rotatable bonds is 3. The van der Waals surface area contributed by atoms with Crippen molar-refractivity contribution in [2.75, 3.05) is 11.9 Å². The highest BCUT2D eigenvalue weighted by molar-refractivity contribution is 7.99. The predicted molar refractivity (Wildman–Crippen MR) is 105 cm³/mol. The fourth-order valence-electron chi connectivity index (χ4n) is 3.74. The van der Waals surface area contributed by atoms with Crippen LogP contribution < -0.4 is 10.1 Å². The number of benzene rings is 2. The van der Waals surface area contributed by atoms with E-state index < -0.39 is 0 Å². The monoisotopic (exact) mass is 368 g/mol. The van der Waals surface area contributed by atoms with E-state index in [1.165, 1.54) is 43.2 Å². The molecule has 0 radical (unpaired) electrons. The van der Waals surface area contributed by atoms with Crippen LogP contribution in [-0.2, 0) is 11.3 Å². The van der Waals surface area contributed by atoms with Crippen LogP contribution in [0.3, 0.4) is 0 Å². The second kappa shape index (κ2) is 7.33. The summed E-state index contributed by atoms with van der Waals surface area (Å²) in [6, 6.07) is 12.9. The van der Waals surface area contributed by atoms with E-state index in [0.29, 0.717) is 11.8 Å². The quantitative estimate of drug-likeness (QED) is 0.509. The molecule has 1 fully saturated rings. The Hall–Kier alpha value is -1.98. The first kappa shape index (κ1) is 17.4. The van der Waals surface area contributed by atoms with Crippen molar-refractivity contribution in [3.63, 3.8) is 0 Å². The van der Waals surface area contributed by atoms with E-state index in [1.807, 2.05) is 12.1 Å². The van der Waals surface area contributed by atoms with Crippen molar-refractivity contribution in [1.82, 2.24) is 4.90 Å². The van der Waals surface area contributed by atoms with Crippen molar-refractivity contribution in [2.45, 2.75) is 55.5 Å². The second-order valence-corrected chi connectivity index (χ2v) is 8.11. The number of fused-ring (bicyclic) bond motifs is 2. The number of nitrogens with one attached hydrogen (secondary N) is 1. The molecule has 1 saturated heterocycles. The smallest absolute Gasteiger partial charge is 0.308 e. The first-order chi connectivity index (χ1) is 12.6. The van der Waals surface area contributed by atoms with Crippen molar-refractivity contribution in [3.8, 4) is 5.75 Å². The molecule has 2 aromatic carbocycles. The standard InChI is InChI=1S/C21H24N2O2S/c1-14-7-3-4-12-23(14)13-16-8-5-9-17-21(16)26-19-11-6-10-18(20(19)22-17)25-15(2)24/h5-6,8-11,14,22H,3-4,7,12-13H2,1-2H3. The highest BCUT2D eigenvalue weighted by Gasteiger charge is 2.24.